The quantitative estimate of drug-likeness (QED) is 0.311. The molecule has 4 aromatic rings. The Balaban J connectivity index is 1.94. The summed E-state index contributed by atoms with van der Waals surface area (Å²) < 4.78 is 18.0. The minimum atomic E-state index is -1.52. The molecule has 0 bridgehead atoms. The smallest absolute Gasteiger partial charge is 0.193 e. The van der Waals surface area contributed by atoms with Gasteiger partial charge >= 0.3 is 0 Å². The molecule has 176 valence electrons. The molecule has 2 aromatic heterocycles. The van der Waals surface area contributed by atoms with Crippen molar-refractivity contribution in [1.29, 1.82) is 0 Å². The van der Waals surface area contributed by atoms with Crippen molar-refractivity contribution in [2.45, 2.75) is 18.7 Å². The summed E-state index contributed by atoms with van der Waals surface area (Å²) in [6, 6.07) is 20.4. The number of allylic oxidation sites excluding steroid dienone is 3. The van der Waals surface area contributed by atoms with Gasteiger partial charge in [0, 0.05) is 17.5 Å². The topological polar surface area (TPSA) is 76.0 Å². The van der Waals surface area contributed by atoms with Gasteiger partial charge in [-0.15, -0.1) is 0 Å². The zero-order valence-electron chi connectivity index (χ0n) is 19.6. The monoisotopic (exact) mass is 482 g/mol. The van der Waals surface area contributed by atoms with E-state index < -0.39 is 11.0 Å². The Morgan fingerprint density at radius 2 is 1.71 bits per heavy atom. The molecule has 0 radical (unpaired) electrons. The predicted octanol–water partition coefficient (Wildman–Crippen LogP) is 5.81. The summed E-state index contributed by atoms with van der Waals surface area (Å²) in [4.78, 5) is 18.6. The molecular weight excluding hydrogens is 456 g/mol. The number of nitrogens with one attached hydrogen (secondary N) is 2. The molecular formula is C28H26N4O2S. The first-order valence-electron chi connectivity index (χ1n) is 11.0. The van der Waals surface area contributed by atoms with Crippen LogP contribution in [-0.4, -0.2) is 13.8 Å². The summed E-state index contributed by atoms with van der Waals surface area (Å²) in [6.45, 7) is 11.3. The molecule has 4 rings (SSSR count). The van der Waals surface area contributed by atoms with E-state index in [0.29, 0.717) is 33.3 Å². The van der Waals surface area contributed by atoms with Crippen molar-refractivity contribution >= 4 is 33.7 Å². The van der Waals surface area contributed by atoms with Gasteiger partial charge in [0.05, 0.1) is 10.3 Å². The van der Waals surface area contributed by atoms with Crippen molar-refractivity contribution in [3.8, 4) is 5.69 Å². The molecule has 2 aromatic carbocycles. The van der Waals surface area contributed by atoms with E-state index in [1.807, 2.05) is 73.0 Å². The van der Waals surface area contributed by atoms with E-state index in [-0.39, 0.29) is 5.43 Å². The van der Waals surface area contributed by atoms with Crippen LogP contribution in [0.4, 0.5) is 11.6 Å². The Morgan fingerprint density at radius 3 is 2.40 bits per heavy atom. The lowest BCUT2D eigenvalue weighted by molar-refractivity contribution is 0.686. The average Bonchev–Trinajstić information content (AvgIpc) is 2.84. The summed E-state index contributed by atoms with van der Waals surface area (Å²) in [5, 5.41) is 3.74. The van der Waals surface area contributed by atoms with Gasteiger partial charge < -0.3 is 5.32 Å². The van der Waals surface area contributed by atoms with Crippen LogP contribution in [0.5, 0.6) is 0 Å². The van der Waals surface area contributed by atoms with Crippen molar-refractivity contribution in [1.82, 2.24) is 9.55 Å². The fourth-order valence-electron chi connectivity index (χ4n) is 3.83. The van der Waals surface area contributed by atoms with E-state index >= 15 is 0 Å². The van der Waals surface area contributed by atoms with Gasteiger partial charge in [-0.2, -0.15) is 0 Å². The third-order valence-electron chi connectivity index (χ3n) is 5.46. The SMILES string of the molecule is C=C/C=C(\C=C)Nc1cc(=O)c2c(C)cc(NS(=O)c3ccccc3C)nc2n1-c1ccccc1. The highest BCUT2D eigenvalue weighted by Gasteiger charge is 2.17. The molecule has 0 saturated heterocycles. The number of para-hydroxylation sites is 1. The van der Waals surface area contributed by atoms with Crippen molar-refractivity contribution in [2.75, 3.05) is 10.0 Å². The molecule has 7 heteroatoms. The molecule has 0 saturated carbocycles. The normalized spacial score (nSPS) is 12.2. The number of benzene rings is 2. The van der Waals surface area contributed by atoms with Gasteiger partial charge in [0.25, 0.3) is 0 Å². The van der Waals surface area contributed by atoms with Gasteiger partial charge in [0.2, 0.25) is 0 Å². The van der Waals surface area contributed by atoms with Crippen molar-refractivity contribution < 1.29 is 4.21 Å². The molecule has 6 nitrogen and oxygen atoms in total. The van der Waals surface area contributed by atoms with E-state index in [2.05, 4.69) is 23.2 Å². The van der Waals surface area contributed by atoms with Gasteiger partial charge in [0.15, 0.2) is 22.1 Å². The molecule has 0 amide bonds. The number of hydrogen-bond acceptors (Lipinski definition) is 4. The number of aryl methyl sites for hydroxylation is 2. The summed E-state index contributed by atoms with van der Waals surface area (Å²) in [7, 11) is -1.52. The highest BCUT2D eigenvalue weighted by Crippen LogP contribution is 2.26. The Kier molecular flexibility index (Phi) is 7.08. The van der Waals surface area contributed by atoms with E-state index in [4.69, 9.17) is 4.98 Å². The molecule has 1 atom stereocenters. The first-order chi connectivity index (χ1) is 16.9. The zero-order valence-corrected chi connectivity index (χ0v) is 20.4. The lowest BCUT2D eigenvalue weighted by atomic mass is 10.1. The second-order valence-electron chi connectivity index (χ2n) is 7.91. The maximum absolute atomic E-state index is 13.2. The number of pyridine rings is 2. The molecule has 35 heavy (non-hydrogen) atoms. The first kappa shape index (κ1) is 23.9. The molecule has 0 aliphatic rings. The van der Waals surface area contributed by atoms with Crippen LogP contribution >= 0.6 is 0 Å². The van der Waals surface area contributed by atoms with Gasteiger partial charge in [-0.1, -0.05) is 55.6 Å². The third-order valence-corrected chi connectivity index (χ3v) is 6.71. The maximum atomic E-state index is 13.2. The highest BCUT2D eigenvalue weighted by atomic mass is 32.2. The standard InChI is InChI=1S/C28H26N4O2S/c1-5-12-21(6-2)29-26-18-23(33)27-20(4)17-25(31-35(34)24-16-11-10-13-19(24)3)30-28(27)32(26)22-14-8-7-9-15-22/h5-18,29H,1-2H2,3-4H3,(H,30,31)/b21-12+. The van der Waals surface area contributed by atoms with Gasteiger partial charge in [-0.05, 0) is 61.4 Å². The van der Waals surface area contributed by atoms with Crippen LogP contribution in [0.1, 0.15) is 11.1 Å². The van der Waals surface area contributed by atoms with Crippen LogP contribution in [0.15, 0.2) is 114 Å². The van der Waals surface area contributed by atoms with Gasteiger partial charge in [0.1, 0.15) is 11.6 Å². The summed E-state index contributed by atoms with van der Waals surface area (Å²) in [5.41, 5.74) is 3.40. The minimum absolute atomic E-state index is 0.173. The molecule has 0 aliphatic heterocycles. The van der Waals surface area contributed by atoms with Crippen LogP contribution in [-0.2, 0) is 11.0 Å². The van der Waals surface area contributed by atoms with Crippen LogP contribution < -0.4 is 15.5 Å². The zero-order chi connectivity index (χ0) is 24.9. The van der Waals surface area contributed by atoms with Crippen molar-refractivity contribution in [3.63, 3.8) is 0 Å². The maximum Gasteiger partial charge on any atom is 0.193 e. The number of aromatic nitrogens is 2. The molecule has 0 spiro atoms. The number of rotatable bonds is 8. The third kappa shape index (κ3) is 5.00. The second-order valence-corrected chi connectivity index (χ2v) is 9.09. The summed E-state index contributed by atoms with van der Waals surface area (Å²) in [5.74, 6) is 0.925. The average molecular weight is 483 g/mol. The van der Waals surface area contributed by atoms with Crippen LogP contribution in [0.3, 0.4) is 0 Å². The highest BCUT2D eigenvalue weighted by molar-refractivity contribution is 7.86. The van der Waals surface area contributed by atoms with Crippen LogP contribution in [0, 0.1) is 13.8 Å². The number of hydrogen-bond donors (Lipinski definition) is 2. The van der Waals surface area contributed by atoms with Crippen molar-refractivity contribution in [3.05, 3.63) is 125 Å². The van der Waals surface area contributed by atoms with Gasteiger partial charge in [-0.25, -0.2) is 9.19 Å². The van der Waals surface area contributed by atoms with E-state index in [1.165, 1.54) is 0 Å². The lowest BCUT2D eigenvalue weighted by Gasteiger charge is -2.19. The Hall–Kier alpha value is -4.23. The van der Waals surface area contributed by atoms with E-state index in [9.17, 15) is 9.00 Å². The number of nitrogens with zero attached hydrogens (tertiary/aromatic N) is 2. The second kappa shape index (κ2) is 10.4. The molecule has 0 aliphatic carbocycles. The number of fused-ring (bicyclic) bond motifs is 1. The predicted molar refractivity (Wildman–Crippen MR) is 145 cm³/mol. The fraction of sp³-hybridized carbons (Fsp3) is 0.0714. The Labute approximate surface area is 206 Å². The minimum Gasteiger partial charge on any atom is -0.341 e. The van der Waals surface area contributed by atoms with Crippen molar-refractivity contribution in [2.24, 2.45) is 0 Å². The Bertz CT molecular complexity index is 1540. The number of anilines is 2. The molecule has 0 fully saturated rings. The lowest BCUT2D eigenvalue weighted by Crippen LogP contribution is -2.17. The summed E-state index contributed by atoms with van der Waals surface area (Å²) in [6.07, 6.45) is 5.05. The molecule has 2 heterocycles. The van der Waals surface area contributed by atoms with Gasteiger partial charge in [-0.3, -0.25) is 14.1 Å². The molecule has 2 N–H and O–H groups in total. The van der Waals surface area contributed by atoms with E-state index in [0.717, 1.165) is 16.8 Å². The van der Waals surface area contributed by atoms with E-state index in [1.54, 1.807) is 30.4 Å². The largest absolute Gasteiger partial charge is 0.341 e. The fourth-order valence-corrected chi connectivity index (χ4v) is 4.80. The van der Waals surface area contributed by atoms with Crippen LogP contribution in [0.25, 0.3) is 16.7 Å². The van der Waals surface area contributed by atoms with Crippen LogP contribution in [0.2, 0.25) is 0 Å². The summed E-state index contributed by atoms with van der Waals surface area (Å²) >= 11 is 0. The molecule has 1 unspecified atom stereocenters. The Morgan fingerprint density at radius 1 is 1.00 bits per heavy atom. The first-order valence-corrected chi connectivity index (χ1v) is 12.2.